The third kappa shape index (κ3) is 8.83. The van der Waals surface area contributed by atoms with Crippen LogP contribution in [-0.4, -0.2) is 80.4 Å². The zero-order chi connectivity index (χ0) is 36.6. The molecule has 0 amide bonds. The van der Waals surface area contributed by atoms with Crippen LogP contribution in [0.5, 0.6) is 0 Å². The molecule has 1 aromatic heterocycles. The molecule has 3 heterocycles. The largest absolute Gasteiger partial charge is 0.319 e. The lowest BCUT2D eigenvalue weighted by Crippen LogP contribution is -2.60. The van der Waals surface area contributed by atoms with E-state index in [0.29, 0.717) is 16.8 Å². The lowest BCUT2D eigenvalue weighted by Gasteiger charge is -2.50. The molecule has 5 rings (SSSR count). The summed E-state index contributed by atoms with van der Waals surface area (Å²) in [7, 11) is 4.04. The summed E-state index contributed by atoms with van der Waals surface area (Å²) >= 11 is 0. The predicted molar refractivity (Wildman–Crippen MR) is 215 cm³/mol. The Morgan fingerprint density at radius 2 is 1.49 bits per heavy atom. The SMILES string of the molecule is C=CCC1(CNC)CN(C/C(CCC)=N/C=C(\C)c2cccc(-c3cccc(-c4ccc(CN5CC(CC=C)(CNC)C5)c(C)n4)c3F)c2C)C1. The van der Waals surface area contributed by atoms with Gasteiger partial charge in [-0.05, 0) is 94.1 Å². The summed E-state index contributed by atoms with van der Waals surface area (Å²) < 4.78 is 16.4. The van der Waals surface area contributed by atoms with E-state index >= 15 is 4.39 Å². The van der Waals surface area contributed by atoms with Gasteiger partial charge in [0.1, 0.15) is 5.82 Å². The predicted octanol–water partition coefficient (Wildman–Crippen LogP) is 8.47. The normalized spacial score (nSPS) is 17.5. The summed E-state index contributed by atoms with van der Waals surface area (Å²) in [5, 5.41) is 6.71. The molecule has 0 unspecified atom stereocenters. The fraction of sp³-hybridized carbons (Fsp3) is 0.455. The maximum Gasteiger partial charge on any atom is 0.140 e. The summed E-state index contributed by atoms with van der Waals surface area (Å²) in [5.74, 6) is -0.244. The van der Waals surface area contributed by atoms with Crippen molar-refractivity contribution in [3.63, 3.8) is 0 Å². The highest BCUT2D eigenvalue weighted by atomic mass is 19.1. The first-order valence-corrected chi connectivity index (χ1v) is 18.6. The summed E-state index contributed by atoms with van der Waals surface area (Å²) in [6.07, 6.45) is 10.1. The van der Waals surface area contributed by atoms with Crippen LogP contribution >= 0.6 is 0 Å². The fourth-order valence-electron chi connectivity index (χ4n) is 8.45. The van der Waals surface area contributed by atoms with Crippen LogP contribution in [0.2, 0.25) is 0 Å². The summed E-state index contributed by atoms with van der Waals surface area (Å²) in [5.41, 5.74) is 9.71. The molecule has 0 aliphatic carbocycles. The highest BCUT2D eigenvalue weighted by Gasteiger charge is 2.42. The van der Waals surface area contributed by atoms with Gasteiger partial charge in [0, 0.05) is 91.9 Å². The lowest BCUT2D eigenvalue weighted by molar-refractivity contribution is -0.00178. The van der Waals surface area contributed by atoms with Crippen molar-refractivity contribution in [1.82, 2.24) is 25.4 Å². The molecule has 6 nitrogen and oxygen atoms in total. The minimum absolute atomic E-state index is 0.244. The van der Waals surface area contributed by atoms with Crippen molar-refractivity contribution in [3.05, 3.63) is 108 Å². The standard InChI is InChI=1S/C44H59FN6/c1-9-14-36(25-51-30-44(31-51,22-11-3)27-47-8)48-23-32(4)37-15-12-16-38(33(37)5)39-17-13-18-40(42(39)45)41-20-19-35(34(6)49-41)24-50-28-43(29-50,21-10-2)26-46-7/h10-13,15-20,23,46-47H,2-3,9,14,21-22,24-31H2,1,4-8H3/b32-23+,48-36+. The number of aryl methyl sites for hydroxylation is 1. The molecule has 51 heavy (non-hydrogen) atoms. The Labute approximate surface area is 306 Å². The van der Waals surface area contributed by atoms with Gasteiger partial charge in [0.05, 0.1) is 5.69 Å². The molecule has 7 heteroatoms. The molecule has 2 aliphatic heterocycles. The van der Waals surface area contributed by atoms with Crippen molar-refractivity contribution in [2.24, 2.45) is 15.8 Å². The van der Waals surface area contributed by atoms with Crippen molar-refractivity contribution in [1.29, 1.82) is 0 Å². The van der Waals surface area contributed by atoms with Crippen molar-refractivity contribution < 1.29 is 4.39 Å². The Balaban J connectivity index is 1.32. The van der Waals surface area contributed by atoms with Gasteiger partial charge < -0.3 is 10.6 Å². The molecule has 0 saturated carbocycles. The van der Waals surface area contributed by atoms with Gasteiger partial charge in [0.2, 0.25) is 0 Å². The molecule has 2 fully saturated rings. The Morgan fingerprint density at radius 3 is 2.10 bits per heavy atom. The summed E-state index contributed by atoms with van der Waals surface area (Å²) in [4.78, 5) is 14.9. The number of aliphatic imine (C=N–C) groups is 1. The number of hydrogen-bond acceptors (Lipinski definition) is 6. The van der Waals surface area contributed by atoms with Gasteiger partial charge in [-0.2, -0.15) is 0 Å². The summed E-state index contributed by atoms with van der Waals surface area (Å²) in [6, 6.07) is 15.9. The quantitative estimate of drug-likeness (QED) is 0.104. The Morgan fingerprint density at radius 1 is 0.882 bits per heavy atom. The molecule has 0 radical (unpaired) electrons. The van der Waals surface area contributed by atoms with E-state index < -0.39 is 0 Å². The van der Waals surface area contributed by atoms with E-state index in [2.05, 4.69) is 66.5 Å². The van der Waals surface area contributed by atoms with Gasteiger partial charge in [-0.1, -0.05) is 61.9 Å². The number of nitrogens with zero attached hydrogens (tertiary/aromatic N) is 4. The highest BCUT2D eigenvalue weighted by molar-refractivity contribution is 5.88. The molecular formula is C44H59FN6. The first-order valence-electron chi connectivity index (χ1n) is 18.6. The van der Waals surface area contributed by atoms with Gasteiger partial charge in [-0.15, -0.1) is 13.2 Å². The maximum atomic E-state index is 16.4. The number of rotatable bonds is 18. The molecule has 0 atom stereocenters. The fourth-order valence-corrected chi connectivity index (χ4v) is 8.45. The van der Waals surface area contributed by atoms with E-state index in [0.717, 1.165) is 106 Å². The van der Waals surface area contributed by atoms with Gasteiger partial charge >= 0.3 is 0 Å². The average molecular weight is 691 g/mol. The van der Waals surface area contributed by atoms with Crippen LogP contribution in [0.25, 0.3) is 28.0 Å². The first kappa shape index (κ1) is 38.5. The van der Waals surface area contributed by atoms with Crippen molar-refractivity contribution >= 4 is 11.3 Å². The van der Waals surface area contributed by atoms with Crippen molar-refractivity contribution in [2.75, 3.05) is 59.9 Å². The number of nitrogens with one attached hydrogen (secondary N) is 2. The second-order valence-corrected chi connectivity index (χ2v) is 15.2. The third-order valence-corrected chi connectivity index (χ3v) is 10.8. The van der Waals surface area contributed by atoms with E-state index in [1.54, 1.807) is 0 Å². The van der Waals surface area contributed by atoms with Crippen LogP contribution in [0.3, 0.4) is 0 Å². The average Bonchev–Trinajstić information content (AvgIpc) is 3.07. The van der Waals surface area contributed by atoms with Gasteiger partial charge in [-0.25, -0.2) is 4.39 Å². The van der Waals surface area contributed by atoms with Gasteiger partial charge in [0.25, 0.3) is 0 Å². The Kier molecular flexibility index (Phi) is 13.0. The Bertz CT molecular complexity index is 1740. The van der Waals surface area contributed by atoms with Crippen LogP contribution < -0.4 is 10.6 Å². The number of allylic oxidation sites excluding steroid dienone is 3. The van der Waals surface area contributed by atoms with Gasteiger partial charge in [-0.3, -0.25) is 19.8 Å². The number of hydrogen-bond donors (Lipinski definition) is 2. The number of aromatic nitrogens is 1. The second-order valence-electron chi connectivity index (χ2n) is 15.2. The van der Waals surface area contributed by atoms with E-state index in [9.17, 15) is 0 Å². The number of pyridine rings is 1. The van der Waals surface area contributed by atoms with E-state index in [1.807, 2.05) is 75.8 Å². The monoisotopic (exact) mass is 690 g/mol. The molecule has 2 aliphatic rings. The van der Waals surface area contributed by atoms with Crippen LogP contribution in [0.1, 0.15) is 61.9 Å². The number of benzene rings is 2. The molecule has 0 bridgehead atoms. The van der Waals surface area contributed by atoms with Crippen LogP contribution in [0.15, 0.2) is 85.0 Å². The van der Waals surface area contributed by atoms with Crippen molar-refractivity contribution in [2.45, 2.75) is 59.9 Å². The smallest absolute Gasteiger partial charge is 0.140 e. The van der Waals surface area contributed by atoms with E-state index in [-0.39, 0.29) is 16.6 Å². The zero-order valence-corrected chi connectivity index (χ0v) is 31.9. The number of halogens is 1. The topological polar surface area (TPSA) is 55.8 Å². The summed E-state index contributed by atoms with van der Waals surface area (Å²) in [6.45, 7) is 24.3. The third-order valence-electron chi connectivity index (χ3n) is 10.8. The van der Waals surface area contributed by atoms with E-state index in [4.69, 9.17) is 9.98 Å². The Hall–Kier alpha value is -3.75. The molecule has 2 N–H and O–H groups in total. The van der Waals surface area contributed by atoms with Crippen LogP contribution in [0.4, 0.5) is 4.39 Å². The molecule has 2 aromatic carbocycles. The van der Waals surface area contributed by atoms with Crippen molar-refractivity contribution in [3.8, 4) is 22.4 Å². The van der Waals surface area contributed by atoms with E-state index in [1.165, 1.54) is 11.3 Å². The molecular weight excluding hydrogens is 632 g/mol. The maximum absolute atomic E-state index is 16.4. The zero-order valence-electron chi connectivity index (χ0n) is 31.9. The molecule has 0 spiro atoms. The molecule has 2 saturated heterocycles. The minimum Gasteiger partial charge on any atom is -0.319 e. The second kappa shape index (κ2) is 17.2. The highest BCUT2D eigenvalue weighted by Crippen LogP contribution is 2.37. The van der Waals surface area contributed by atoms with Gasteiger partial charge in [0.15, 0.2) is 0 Å². The minimum atomic E-state index is -0.244. The molecule has 272 valence electrons. The number of likely N-dealkylation sites (tertiary alicyclic amines) is 2. The van der Waals surface area contributed by atoms with Crippen LogP contribution in [-0.2, 0) is 6.54 Å². The van der Waals surface area contributed by atoms with Crippen LogP contribution in [0, 0.1) is 30.5 Å². The molecule has 3 aromatic rings. The first-order chi connectivity index (χ1) is 24.6. The lowest BCUT2D eigenvalue weighted by atomic mass is 9.76.